The summed E-state index contributed by atoms with van der Waals surface area (Å²) in [6, 6.07) is 4.49. The standard InChI is InChI=1S/C15H19BrFNO2/c1-2-20-15(19)10-14(18-7-3-4-8-18)12-9-11(17)5-6-13(12)16/h5-6,9,14H,2-4,7-8,10H2,1H3. The van der Waals surface area contributed by atoms with Gasteiger partial charge in [-0.3, -0.25) is 9.69 Å². The van der Waals surface area contributed by atoms with E-state index in [-0.39, 0.29) is 24.2 Å². The van der Waals surface area contributed by atoms with Gasteiger partial charge in [-0.15, -0.1) is 0 Å². The maximum Gasteiger partial charge on any atom is 0.307 e. The number of rotatable bonds is 5. The summed E-state index contributed by atoms with van der Waals surface area (Å²) in [6.07, 6.45) is 2.49. The van der Waals surface area contributed by atoms with Crippen molar-refractivity contribution >= 4 is 21.9 Å². The molecule has 0 amide bonds. The van der Waals surface area contributed by atoms with Crippen molar-refractivity contribution in [1.29, 1.82) is 0 Å². The molecule has 1 unspecified atom stereocenters. The third-order valence-electron chi connectivity index (χ3n) is 3.56. The van der Waals surface area contributed by atoms with Crippen LogP contribution in [0.25, 0.3) is 0 Å². The fourth-order valence-corrected chi connectivity index (χ4v) is 3.15. The van der Waals surface area contributed by atoms with Crippen LogP contribution in [0.15, 0.2) is 22.7 Å². The molecule has 1 aromatic rings. The number of nitrogens with zero attached hydrogens (tertiary/aromatic N) is 1. The van der Waals surface area contributed by atoms with Gasteiger partial charge in [0.15, 0.2) is 0 Å². The van der Waals surface area contributed by atoms with Gasteiger partial charge in [0.2, 0.25) is 0 Å². The first-order valence-corrected chi connectivity index (χ1v) is 7.75. The smallest absolute Gasteiger partial charge is 0.307 e. The molecule has 5 heteroatoms. The number of ether oxygens (including phenoxy) is 1. The molecule has 0 bridgehead atoms. The number of carbonyl (C=O) groups is 1. The zero-order chi connectivity index (χ0) is 14.5. The second-order valence-corrected chi connectivity index (χ2v) is 5.79. The lowest BCUT2D eigenvalue weighted by molar-refractivity contribution is -0.144. The molecule has 1 aliphatic rings. The lowest BCUT2D eigenvalue weighted by Gasteiger charge is -2.28. The van der Waals surface area contributed by atoms with E-state index >= 15 is 0 Å². The molecule has 0 N–H and O–H groups in total. The van der Waals surface area contributed by atoms with Crippen LogP contribution in [-0.2, 0) is 9.53 Å². The normalized spacial score (nSPS) is 17.1. The van der Waals surface area contributed by atoms with Gasteiger partial charge < -0.3 is 4.74 Å². The summed E-state index contributed by atoms with van der Waals surface area (Å²) >= 11 is 3.46. The van der Waals surface area contributed by atoms with Crippen LogP contribution in [0.4, 0.5) is 4.39 Å². The van der Waals surface area contributed by atoms with Crippen molar-refractivity contribution in [2.75, 3.05) is 19.7 Å². The molecular weight excluding hydrogens is 325 g/mol. The molecule has 1 fully saturated rings. The molecule has 2 rings (SSSR count). The largest absolute Gasteiger partial charge is 0.466 e. The number of esters is 1. The van der Waals surface area contributed by atoms with E-state index in [1.165, 1.54) is 12.1 Å². The van der Waals surface area contributed by atoms with Crippen molar-refractivity contribution in [3.05, 3.63) is 34.1 Å². The zero-order valence-electron chi connectivity index (χ0n) is 11.6. The second-order valence-electron chi connectivity index (χ2n) is 4.93. The molecule has 0 aliphatic carbocycles. The van der Waals surface area contributed by atoms with Crippen LogP contribution < -0.4 is 0 Å². The predicted octanol–water partition coefficient (Wildman–Crippen LogP) is 3.68. The molecule has 0 radical (unpaired) electrons. The summed E-state index contributed by atoms with van der Waals surface area (Å²) in [5.74, 6) is -0.517. The highest BCUT2D eigenvalue weighted by molar-refractivity contribution is 9.10. The van der Waals surface area contributed by atoms with Crippen molar-refractivity contribution in [2.24, 2.45) is 0 Å². The van der Waals surface area contributed by atoms with Crippen LogP contribution >= 0.6 is 15.9 Å². The Kier molecular flexibility index (Phi) is 5.54. The van der Waals surface area contributed by atoms with E-state index in [4.69, 9.17) is 4.74 Å². The van der Waals surface area contributed by atoms with E-state index in [0.717, 1.165) is 36.0 Å². The van der Waals surface area contributed by atoms with Gasteiger partial charge >= 0.3 is 5.97 Å². The Bertz CT molecular complexity index is 475. The molecule has 0 saturated carbocycles. The van der Waals surface area contributed by atoms with Gasteiger partial charge in [-0.25, -0.2) is 4.39 Å². The molecule has 0 aromatic heterocycles. The van der Waals surface area contributed by atoms with Crippen molar-refractivity contribution in [3.63, 3.8) is 0 Å². The highest BCUT2D eigenvalue weighted by Crippen LogP contribution is 2.33. The summed E-state index contributed by atoms with van der Waals surface area (Å²) in [5.41, 5.74) is 0.819. The first-order chi connectivity index (χ1) is 9.61. The predicted molar refractivity (Wildman–Crippen MR) is 78.9 cm³/mol. The average Bonchev–Trinajstić information content (AvgIpc) is 2.93. The number of likely N-dealkylation sites (tertiary alicyclic amines) is 1. The fourth-order valence-electron chi connectivity index (χ4n) is 2.64. The molecule has 20 heavy (non-hydrogen) atoms. The van der Waals surface area contributed by atoms with E-state index in [1.807, 2.05) is 0 Å². The number of hydrogen-bond acceptors (Lipinski definition) is 3. The molecule has 1 atom stereocenters. The summed E-state index contributed by atoms with van der Waals surface area (Å²) in [5, 5.41) is 0. The minimum atomic E-state index is -0.281. The number of carbonyl (C=O) groups excluding carboxylic acids is 1. The van der Waals surface area contributed by atoms with E-state index < -0.39 is 0 Å². The summed E-state index contributed by atoms with van der Waals surface area (Å²) in [4.78, 5) is 14.1. The van der Waals surface area contributed by atoms with Gasteiger partial charge in [-0.1, -0.05) is 15.9 Å². The van der Waals surface area contributed by atoms with Gasteiger partial charge in [-0.2, -0.15) is 0 Å². The monoisotopic (exact) mass is 343 g/mol. The maximum absolute atomic E-state index is 13.5. The lowest BCUT2D eigenvalue weighted by atomic mass is 10.0. The van der Waals surface area contributed by atoms with Crippen molar-refractivity contribution < 1.29 is 13.9 Å². The molecule has 1 saturated heterocycles. The molecule has 1 heterocycles. The average molecular weight is 344 g/mol. The Balaban J connectivity index is 2.25. The quantitative estimate of drug-likeness (QED) is 0.764. The molecular formula is C15H19BrFNO2. The van der Waals surface area contributed by atoms with Gasteiger partial charge in [0.25, 0.3) is 0 Å². The Morgan fingerprint density at radius 2 is 2.15 bits per heavy atom. The van der Waals surface area contributed by atoms with Gasteiger partial charge in [-0.05, 0) is 56.6 Å². The Hall–Kier alpha value is -0.940. The summed E-state index contributed by atoms with van der Waals surface area (Å²) < 4.78 is 19.4. The zero-order valence-corrected chi connectivity index (χ0v) is 13.2. The number of halogens is 2. The fraction of sp³-hybridized carbons (Fsp3) is 0.533. The van der Waals surface area contributed by atoms with E-state index in [2.05, 4.69) is 20.8 Å². The van der Waals surface area contributed by atoms with Crippen molar-refractivity contribution in [1.82, 2.24) is 4.90 Å². The van der Waals surface area contributed by atoms with Gasteiger partial charge in [0.05, 0.1) is 13.0 Å². The molecule has 1 aliphatic heterocycles. The van der Waals surface area contributed by atoms with Crippen LogP contribution in [0, 0.1) is 5.82 Å². The second kappa shape index (κ2) is 7.18. The molecule has 0 spiro atoms. The number of benzene rings is 1. The molecule has 3 nitrogen and oxygen atoms in total. The van der Waals surface area contributed by atoms with Crippen LogP contribution in [0.3, 0.4) is 0 Å². The Morgan fingerprint density at radius 3 is 2.80 bits per heavy atom. The third-order valence-corrected chi connectivity index (χ3v) is 4.29. The minimum absolute atomic E-state index is 0.123. The lowest BCUT2D eigenvalue weighted by Crippen LogP contribution is -2.28. The van der Waals surface area contributed by atoms with Crippen molar-refractivity contribution in [3.8, 4) is 0 Å². The maximum atomic E-state index is 13.5. The highest BCUT2D eigenvalue weighted by atomic mass is 79.9. The topological polar surface area (TPSA) is 29.5 Å². The summed E-state index contributed by atoms with van der Waals surface area (Å²) in [6.45, 7) is 4.04. The summed E-state index contributed by atoms with van der Waals surface area (Å²) in [7, 11) is 0. The molecule has 1 aromatic carbocycles. The Labute approximate surface area is 127 Å². The first kappa shape index (κ1) is 15.4. The van der Waals surface area contributed by atoms with Crippen LogP contribution in [0.1, 0.15) is 37.8 Å². The van der Waals surface area contributed by atoms with Crippen LogP contribution in [0.2, 0.25) is 0 Å². The third kappa shape index (κ3) is 3.79. The van der Waals surface area contributed by atoms with E-state index in [1.54, 1.807) is 13.0 Å². The van der Waals surface area contributed by atoms with E-state index in [9.17, 15) is 9.18 Å². The first-order valence-electron chi connectivity index (χ1n) is 6.96. The minimum Gasteiger partial charge on any atom is -0.466 e. The van der Waals surface area contributed by atoms with Crippen LogP contribution in [0.5, 0.6) is 0 Å². The van der Waals surface area contributed by atoms with Crippen molar-refractivity contribution in [2.45, 2.75) is 32.2 Å². The number of hydrogen-bond donors (Lipinski definition) is 0. The van der Waals surface area contributed by atoms with E-state index in [0.29, 0.717) is 6.61 Å². The Morgan fingerprint density at radius 1 is 1.45 bits per heavy atom. The van der Waals surface area contributed by atoms with Crippen LogP contribution in [-0.4, -0.2) is 30.6 Å². The molecule has 110 valence electrons. The highest BCUT2D eigenvalue weighted by Gasteiger charge is 2.28. The van der Waals surface area contributed by atoms with Gasteiger partial charge in [0, 0.05) is 10.5 Å². The SMILES string of the molecule is CCOC(=O)CC(c1cc(F)ccc1Br)N1CCCC1. The van der Waals surface area contributed by atoms with Gasteiger partial charge in [0.1, 0.15) is 5.82 Å².